The second-order valence-corrected chi connectivity index (χ2v) is 5.31. The van der Waals surface area contributed by atoms with Crippen molar-refractivity contribution in [3.63, 3.8) is 0 Å². The van der Waals surface area contributed by atoms with E-state index in [1.807, 2.05) is 6.92 Å². The van der Waals surface area contributed by atoms with E-state index in [0.717, 1.165) is 0 Å². The van der Waals surface area contributed by atoms with Gasteiger partial charge in [0.25, 0.3) is 0 Å². The Hall–Kier alpha value is -2.32. The summed E-state index contributed by atoms with van der Waals surface area (Å²) in [7, 11) is 0. The first-order chi connectivity index (χ1) is 10.5. The highest BCUT2D eigenvalue weighted by molar-refractivity contribution is 9.10. The molecule has 2 aromatic rings. The standard InChI is InChI=1S/C17H13BrFNO2/c1-2-22-17-8-12(15(18)9-16(17)21)6-13(10-20)11-4-3-5-14(19)7-11/h3-9,21H,2H2,1H3/b13-6-. The monoisotopic (exact) mass is 361 g/mol. The number of nitriles is 1. The Morgan fingerprint density at radius 1 is 1.41 bits per heavy atom. The van der Waals surface area contributed by atoms with Gasteiger partial charge < -0.3 is 9.84 Å². The van der Waals surface area contributed by atoms with Gasteiger partial charge in [0.1, 0.15) is 5.82 Å². The van der Waals surface area contributed by atoms with E-state index in [-0.39, 0.29) is 5.75 Å². The van der Waals surface area contributed by atoms with Crippen LogP contribution in [0.1, 0.15) is 18.1 Å². The van der Waals surface area contributed by atoms with Crippen LogP contribution in [0.15, 0.2) is 40.9 Å². The number of ether oxygens (including phenoxy) is 1. The summed E-state index contributed by atoms with van der Waals surface area (Å²) >= 11 is 3.33. The van der Waals surface area contributed by atoms with Crippen molar-refractivity contribution in [3.05, 3.63) is 57.8 Å². The van der Waals surface area contributed by atoms with Crippen LogP contribution in [0.4, 0.5) is 4.39 Å². The lowest BCUT2D eigenvalue weighted by molar-refractivity contribution is 0.318. The molecule has 5 heteroatoms. The largest absolute Gasteiger partial charge is 0.504 e. The SMILES string of the molecule is CCOc1cc(/C=C(/C#N)c2cccc(F)c2)c(Br)cc1O. The third-order valence-electron chi connectivity index (χ3n) is 2.93. The van der Waals surface area contributed by atoms with Gasteiger partial charge in [0.2, 0.25) is 0 Å². The quantitative estimate of drug-likeness (QED) is 0.631. The van der Waals surface area contributed by atoms with Crippen molar-refractivity contribution >= 4 is 27.6 Å². The zero-order valence-electron chi connectivity index (χ0n) is 11.8. The predicted octanol–water partition coefficient (Wildman–Crippen LogP) is 4.76. The van der Waals surface area contributed by atoms with Crippen molar-refractivity contribution in [1.82, 2.24) is 0 Å². The highest BCUT2D eigenvalue weighted by Gasteiger charge is 2.09. The van der Waals surface area contributed by atoms with E-state index in [1.165, 1.54) is 18.2 Å². The first kappa shape index (κ1) is 16.1. The van der Waals surface area contributed by atoms with Crippen LogP contribution in [0.25, 0.3) is 11.6 Å². The fourth-order valence-corrected chi connectivity index (χ4v) is 2.38. The molecule has 0 unspecified atom stereocenters. The van der Waals surface area contributed by atoms with Gasteiger partial charge in [0, 0.05) is 4.47 Å². The lowest BCUT2D eigenvalue weighted by Crippen LogP contribution is -1.93. The van der Waals surface area contributed by atoms with Gasteiger partial charge in [0.15, 0.2) is 11.5 Å². The molecule has 0 aliphatic heterocycles. The van der Waals surface area contributed by atoms with E-state index >= 15 is 0 Å². The van der Waals surface area contributed by atoms with Crippen LogP contribution < -0.4 is 4.74 Å². The number of halogens is 2. The summed E-state index contributed by atoms with van der Waals surface area (Å²) in [4.78, 5) is 0. The summed E-state index contributed by atoms with van der Waals surface area (Å²) in [5.41, 5.74) is 1.45. The van der Waals surface area contributed by atoms with E-state index < -0.39 is 5.82 Å². The molecule has 0 atom stereocenters. The number of hydrogen-bond donors (Lipinski definition) is 1. The normalized spacial score (nSPS) is 11.1. The number of phenolic OH excluding ortho intramolecular Hbond substituents is 1. The molecule has 0 aliphatic rings. The number of phenols is 1. The van der Waals surface area contributed by atoms with E-state index in [2.05, 4.69) is 22.0 Å². The van der Waals surface area contributed by atoms with Gasteiger partial charge >= 0.3 is 0 Å². The maximum Gasteiger partial charge on any atom is 0.161 e. The number of hydrogen-bond acceptors (Lipinski definition) is 3. The highest BCUT2D eigenvalue weighted by atomic mass is 79.9. The Kier molecular flexibility index (Phi) is 5.18. The van der Waals surface area contributed by atoms with Crippen LogP contribution in [-0.4, -0.2) is 11.7 Å². The fourth-order valence-electron chi connectivity index (χ4n) is 1.93. The molecule has 1 N–H and O–H groups in total. The molecule has 112 valence electrons. The number of nitrogens with zero attached hydrogens (tertiary/aromatic N) is 1. The molecule has 0 amide bonds. The Balaban J connectivity index is 2.50. The molecule has 0 aromatic heterocycles. The minimum absolute atomic E-state index is 0.00939. The summed E-state index contributed by atoms with van der Waals surface area (Å²) in [5, 5.41) is 19.1. The number of benzene rings is 2. The van der Waals surface area contributed by atoms with Crippen molar-refractivity contribution < 1.29 is 14.2 Å². The van der Waals surface area contributed by atoms with Gasteiger partial charge in [-0.15, -0.1) is 0 Å². The van der Waals surface area contributed by atoms with E-state index in [4.69, 9.17) is 4.74 Å². The van der Waals surface area contributed by atoms with Crippen molar-refractivity contribution in [2.24, 2.45) is 0 Å². The van der Waals surface area contributed by atoms with Crippen LogP contribution in [0, 0.1) is 17.1 Å². The van der Waals surface area contributed by atoms with Gasteiger partial charge in [-0.3, -0.25) is 0 Å². The Morgan fingerprint density at radius 3 is 2.82 bits per heavy atom. The molecule has 2 aromatic carbocycles. The lowest BCUT2D eigenvalue weighted by Gasteiger charge is -2.09. The molecular formula is C17H13BrFNO2. The lowest BCUT2D eigenvalue weighted by atomic mass is 10.0. The topological polar surface area (TPSA) is 53.2 Å². The molecule has 0 heterocycles. The summed E-state index contributed by atoms with van der Waals surface area (Å²) in [6, 6.07) is 11.0. The molecule has 0 saturated carbocycles. The summed E-state index contributed by atoms with van der Waals surface area (Å²) in [5.74, 6) is -0.0675. The third-order valence-corrected chi connectivity index (χ3v) is 3.62. The minimum atomic E-state index is -0.404. The number of allylic oxidation sites excluding steroid dienone is 1. The average molecular weight is 362 g/mol. The molecule has 0 saturated heterocycles. The second kappa shape index (κ2) is 7.10. The van der Waals surface area contributed by atoms with E-state index in [9.17, 15) is 14.8 Å². The zero-order chi connectivity index (χ0) is 16.1. The van der Waals surface area contributed by atoms with Crippen LogP contribution in [0.3, 0.4) is 0 Å². The van der Waals surface area contributed by atoms with Crippen LogP contribution in [0.2, 0.25) is 0 Å². The Bertz CT molecular complexity index is 766. The zero-order valence-corrected chi connectivity index (χ0v) is 13.4. The fraction of sp³-hybridized carbons (Fsp3) is 0.118. The molecule has 0 fully saturated rings. The predicted molar refractivity (Wildman–Crippen MR) is 86.9 cm³/mol. The van der Waals surface area contributed by atoms with Crippen LogP contribution in [-0.2, 0) is 0 Å². The van der Waals surface area contributed by atoms with Gasteiger partial charge in [-0.1, -0.05) is 28.1 Å². The Morgan fingerprint density at radius 2 is 2.18 bits per heavy atom. The van der Waals surface area contributed by atoms with E-state index in [0.29, 0.717) is 33.5 Å². The molecule has 3 nitrogen and oxygen atoms in total. The van der Waals surface area contributed by atoms with Gasteiger partial charge in [-0.05, 0) is 48.4 Å². The van der Waals surface area contributed by atoms with Crippen molar-refractivity contribution in [3.8, 4) is 17.6 Å². The second-order valence-electron chi connectivity index (χ2n) is 4.45. The average Bonchev–Trinajstić information content (AvgIpc) is 2.49. The van der Waals surface area contributed by atoms with Crippen molar-refractivity contribution in [2.45, 2.75) is 6.92 Å². The van der Waals surface area contributed by atoms with Crippen molar-refractivity contribution in [2.75, 3.05) is 6.61 Å². The molecule has 0 radical (unpaired) electrons. The van der Waals surface area contributed by atoms with Crippen LogP contribution >= 0.6 is 15.9 Å². The summed E-state index contributed by atoms with van der Waals surface area (Å²) < 4.78 is 19.2. The molecule has 0 aliphatic carbocycles. The maximum absolute atomic E-state index is 13.3. The van der Waals surface area contributed by atoms with Gasteiger partial charge in [0.05, 0.1) is 18.2 Å². The number of rotatable bonds is 4. The highest BCUT2D eigenvalue weighted by Crippen LogP contribution is 2.34. The first-order valence-corrected chi connectivity index (χ1v) is 7.37. The molecule has 2 rings (SSSR count). The molecule has 0 bridgehead atoms. The third kappa shape index (κ3) is 3.66. The van der Waals surface area contributed by atoms with E-state index in [1.54, 1.807) is 24.3 Å². The molecule has 0 spiro atoms. The number of aromatic hydroxyl groups is 1. The summed E-state index contributed by atoms with van der Waals surface area (Å²) in [6.07, 6.45) is 1.61. The minimum Gasteiger partial charge on any atom is -0.504 e. The summed E-state index contributed by atoms with van der Waals surface area (Å²) in [6.45, 7) is 2.22. The molecular weight excluding hydrogens is 349 g/mol. The maximum atomic E-state index is 13.3. The first-order valence-electron chi connectivity index (χ1n) is 6.58. The smallest absolute Gasteiger partial charge is 0.161 e. The van der Waals surface area contributed by atoms with Gasteiger partial charge in [-0.2, -0.15) is 5.26 Å². The van der Waals surface area contributed by atoms with Crippen molar-refractivity contribution in [1.29, 1.82) is 5.26 Å². The molecule has 22 heavy (non-hydrogen) atoms. The Labute approximate surface area is 136 Å². The van der Waals surface area contributed by atoms with Crippen LogP contribution in [0.5, 0.6) is 11.5 Å². The van der Waals surface area contributed by atoms with Gasteiger partial charge in [-0.25, -0.2) is 4.39 Å².